The van der Waals surface area contributed by atoms with Crippen molar-refractivity contribution < 1.29 is 9.53 Å². The predicted octanol–water partition coefficient (Wildman–Crippen LogP) is 1.41. The molecule has 140 valence electrons. The van der Waals surface area contributed by atoms with E-state index in [1.807, 2.05) is 24.3 Å². The summed E-state index contributed by atoms with van der Waals surface area (Å²) in [5.41, 5.74) is 1.76. The molecule has 26 heavy (non-hydrogen) atoms. The van der Waals surface area contributed by atoms with Crippen LogP contribution in [-0.4, -0.2) is 64.5 Å². The maximum Gasteiger partial charge on any atom is 0.251 e. The second-order valence-corrected chi connectivity index (χ2v) is 6.96. The quantitative estimate of drug-likeness (QED) is 0.811. The summed E-state index contributed by atoms with van der Waals surface area (Å²) < 4.78 is 7.19. The van der Waals surface area contributed by atoms with E-state index in [0.29, 0.717) is 30.6 Å². The highest BCUT2D eigenvalue weighted by Gasteiger charge is 2.24. The highest BCUT2D eigenvalue weighted by molar-refractivity contribution is 5.94. The zero-order chi connectivity index (χ0) is 18.4. The molecule has 0 spiro atoms. The Bertz CT molecular complexity index is 678. The molecule has 1 aromatic carbocycles. The van der Waals surface area contributed by atoms with E-state index in [1.54, 1.807) is 11.0 Å². The summed E-state index contributed by atoms with van der Waals surface area (Å²) in [7, 11) is 0. The number of hydrogen-bond donors (Lipinski definition) is 1. The number of nitrogens with zero attached hydrogens (tertiary/aromatic N) is 4. The molecule has 1 amide bonds. The lowest BCUT2D eigenvalue weighted by atomic mass is 10.0. The number of carbonyl (C=O) groups is 1. The minimum atomic E-state index is -0.0313. The summed E-state index contributed by atoms with van der Waals surface area (Å²) >= 11 is 0. The molecule has 0 saturated carbocycles. The summed E-state index contributed by atoms with van der Waals surface area (Å²) in [5, 5.41) is 7.19. The first-order valence-electron chi connectivity index (χ1n) is 9.15. The van der Waals surface area contributed by atoms with Gasteiger partial charge in [-0.2, -0.15) is 5.10 Å². The second kappa shape index (κ2) is 8.91. The van der Waals surface area contributed by atoms with E-state index in [4.69, 9.17) is 4.74 Å². The molecule has 3 rings (SSSR count). The molecule has 1 aliphatic heterocycles. The fourth-order valence-electron chi connectivity index (χ4n) is 3.26. The van der Waals surface area contributed by atoms with Gasteiger partial charge in [-0.25, -0.2) is 9.67 Å². The molecule has 2 aromatic rings. The van der Waals surface area contributed by atoms with E-state index in [9.17, 15) is 4.79 Å². The summed E-state index contributed by atoms with van der Waals surface area (Å²) in [5.74, 6) is 0.440. The Morgan fingerprint density at radius 3 is 2.58 bits per heavy atom. The molecule has 1 aromatic heterocycles. The average Bonchev–Trinajstić information content (AvgIpc) is 3.16. The lowest BCUT2D eigenvalue weighted by molar-refractivity contribution is 0.00673. The number of hydrogen-bond acceptors (Lipinski definition) is 5. The van der Waals surface area contributed by atoms with Gasteiger partial charge in [-0.05, 0) is 23.6 Å². The number of amides is 1. The second-order valence-electron chi connectivity index (χ2n) is 6.96. The number of rotatable bonds is 7. The van der Waals surface area contributed by atoms with Crippen molar-refractivity contribution in [3.63, 3.8) is 0 Å². The van der Waals surface area contributed by atoms with Crippen LogP contribution in [-0.2, 0) is 11.3 Å². The molecule has 1 fully saturated rings. The van der Waals surface area contributed by atoms with Gasteiger partial charge in [0.2, 0.25) is 0 Å². The van der Waals surface area contributed by atoms with Gasteiger partial charge in [0.15, 0.2) is 0 Å². The zero-order valence-electron chi connectivity index (χ0n) is 15.5. The van der Waals surface area contributed by atoms with E-state index in [1.165, 1.54) is 6.33 Å². The summed E-state index contributed by atoms with van der Waals surface area (Å²) in [6.07, 6.45) is 3.19. The van der Waals surface area contributed by atoms with Gasteiger partial charge in [0.1, 0.15) is 12.7 Å². The number of benzene rings is 1. The van der Waals surface area contributed by atoms with Crippen LogP contribution in [0.2, 0.25) is 0 Å². The average molecular weight is 357 g/mol. The van der Waals surface area contributed by atoms with Crippen molar-refractivity contribution in [3.8, 4) is 0 Å². The van der Waals surface area contributed by atoms with Gasteiger partial charge in [0.25, 0.3) is 5.91 Å². The van der Waals surface area contributed by atoms with Crippen molar-refractivity contribution in [2.75, 3.05) is 32.8 Å². The van der Waals surface area contributed by atoms with E-state index in [2.05, 4.69) is 34.1 Å². The van der Waals surface area contributed by atoms with Crippen molar-refractivity contribution >= 4 is 5.91 Å². The summed E-state index contributed by atoms with van der Waals surface area (Å²) in [6.45, 7) is 9.09. The van der Waals surface area contributed by atoms with Gasteiger partial charge in [-0.15, -0.1) is 0 Å². The zero-order valence-corrected chi connectivity index (χ0v) is 15.5. The van der Waals surface area contributed by atoms with E-state index < -0.39 is 0 Å². The predicted molar refractivity (Wildman–Crippen MR) is 98.9 cm³/mol. The van der Waals surface area contributed by atoms with E-state index >= 15 is 0 Å². The Morgan fingerprint density at radius 2 is 1.96 bits per heavy atom. The molecule has 1 N–H and O–H groups in total. The van der Waals surface area contributed by atoms with Crippen molar-refractivity contribution in [2.24, 2.45) is 5.92 Å². The van der Waals surface area contributed by atoms with Gasteiger partial charge in [-0.3, -0.25) is 9.69 Å². The van der Waals surface area contributed by atoms with Crippen molar-refractivity contribution in [1.29, 1.82) is 0 Å². The Balaban J connectivity index is 1.54. The van der Waals surface area contributed by atoms with Crippen LogP contribution in [0, 0.1) is 5.92 Å². The van der Waals surface area contributed by atoms with Crippen LogP contribution >= 0.6 is 0 Å². The standard InChI is InChI=1S/C19H27N5O2/c1-15(2)18(23-7-9-26-10-8-23)11-21-19(25)17-5-3-16(4-6-17)12-24-14-20-13-22-24/h3-6,13-15,18H,7-12H2,1-2H3,(H,21,25). The van der Waals surface area contributed by atoms with Gasteiger partial charge in [-0.1, -0.05) is 26.0 Å². The Morgan fingerprint density at radius 1 is 1.23 bits per heavy atom. The van der Waals surface area contributed by atoms with Crippen molar-refractivity contribution in [1.82, 2.24) is 25.0 Å². The van der Waals surface area contributed by atoms with Crippen molar-refractivity contribution in [3.05, 3.63) is 48.0 Å². The minimum absolute atomic E-state index is 0.0313. The number of morpholine rings is 1. The van der Waals surface area contributed by atoms with Crippen LogP contribution in [0.3, 0.4) is 0 Å². The lowest BCUT2D eigenvalue weighted by Gasteiger charge is -2.36. The van der Waals surface area contributed by atoms with Gasteiger partial charge in [0, 0.05) is 31.2 Å². The minimum Gasteiger partial charge on any atom is -0.379 e. The molecule has 1 aliphatic rings. The fraction of sp³-hybridized carbons (Fsp3) is 0.526. The first-order valence-corrected chi connectivity index (χ1v) is 9.15. The number of ether oxygens (including phenoxy) is 1. The number of aromatic nitrogens is 3. The normalized spacial score (nSPS) is 16.6. The maximum absolute atomic E-state index is 12.5. The van der Waals surface area contributed by atoms with E-state index in [-0.39, 0.29) is 5.91 Å². The monoisotopic (exact) mass is 357 g/mol. The van der Waals surface area contributed by atoms with Crippen molar-refractivity contribution in [2.45, 2.75) is 26.4 Å². The third-order valence-electron chi connectivity index (χ3n) is 4.78. The largest absolute Gasteiger partial charge is 0.379 e. The van der Waals surface area contributed by atoms with E-state index in [0.717, 1.165) is 31.9 Å². The molecule has 1 unspecified atom stereocenters. The molecule has 0 bridgehead atoms. The third-order valence-corrected chi connectivity index (χ3v) is 4.78. The van der Waals surface area contributed by atoms with Gasteiger partial charge < -0.3 is 10.1 Å². The first-order chi connectivity index (χ1) is 12.6. The Labute approximate surface area is 154 Å². The molecule has 0 radical (unpaired) electrons. The molecule has 1 saturated heterocycles. The molecule has 7 heteroatoms. The Hall–Kier alpha value is -2.25. The van der Waals surface area contributed by atoms with Crippen LogP contribution in [0.15, 0.2) is 36.9 Å². The molecule has 1 atom stereocenters. The van der Waals surface area contributed by atoms with Gasteiger partial charge >= 0.3 is 0 Å². The summed E-state index contributed by atoms with van der Waals surface area (Å²) in [4.78, 5) is 18.8. The molecule has 2 heterocycles. The lowest BCUT2D eigenvalue weighted by Crippen LogP contribution is -2.51. The molecule has 0 aliphatic carbocycles. The van der Waals surface area contributed by atoms with Crippen LogP contribution in [0.5, 0.6) is 0 Å². The SMILES string of the molecule is CC(C)C(CNC(=O)c1ccc(Cn2cncn2)cc1)N1CCOCC1. The number of carbonyl (C=O) groups excluding carboxylic acids is 1. The maximum atomic E-state index is 12.5. The summed E-state index contributed by atoms with van der Waals surface area (Å²) in [6, 6.07) is 7.97. The van der Waals surface area contributed by atoms with Crippen LogP contribution < -0.4 is 5.32 Å². The smallest absolute Gasteiger partial charge is 0.251 e. The van der Waals surface area contributed by atoms with Gasteiger partial charge in [0.05, 0.1) is 19.8 Å². The van der Waals surface area contributed by atoms with Crippen LogP contribution in [0.1, 0.15) is 29.8 Å². The van der Waals surface area contributed by atoms with Crippen LogP contribution in [0.4, 0.5) is 0 Å². The number of nitrogens with one attached hydrogen (secondary N) is 1. The molecular weight excluding hydrogens is 330 g/mol. The first kappa shape index (κ1) is 18.5. The highest BCUT2D eigenvalue weighted by atomic mass is 16.5. The van der Waals surface area contributed by atoms with Crippen LogP contribution in [0.25, 0.3) is 0 Å². The molecular formula is C19H27N5O2. The fourth-order valence-corrected chi connectivity index (χ4v) is 3.26. The highest BCUT2D eigenvalue weighted by Crippen LogP contribution is 2.13. The molecule has 7 nitrogen and oxygen atoms in total. The Kier molecular flexibility index (Phi) is 6.35. The topological polar surface area (TPSA) is 72.3 Å². The third kappa shape index (κ3) is 4.89.